The van der Waals surface area contributed by atoms with Gasteiger partial charge in [0.15, 0.2) is 5.13 Å². The second kappa shape index (κ2) is 7.87. The van der Waals surface area contributed by atoms with Crippen LogP contribution < -0.4 is 10.2 Å². The molecule has 1 aliphatic heterocycles. The number of thiazole rings is 1. The van der Waals surface area contributed by atoms with Crippen molar-refractivity contribution in [3.05, 3.63) is 47.2 Å². The second-order valence-corrected chi connectivity index (χ2v) is 6.30. The molecule has 6 heteroatoms. The minimum atomic E-state index is -0.125. The Labute approximate surface area is 140 Å². The second-order valence-electron chi connectivity index (χ2n) is 5.46. The molecule has 5 nitrogen and oxygen atoms in total. The lowest BCUT2D eigenvalue weighted by Crippen LogP contribution is -2.29. The smallest absolute Gasteiger partial charge is 0.271 e. The van der Waals surface area contributed by atoms with Gasteiger partial charge in [-0.05, 0) is 30.9 Å². The number of hydrogen-bond acceptors (Lipinski definition) is 5. The first kappa shape index (κ1) is 15.7. The molecule has 0 aliphatic carbocycles. The number of carbonyl (C=O) groups is 1. The normalized spacial score (nSPS) is 15.0. The zero-order valence-electron chi connectivity index (χ0n) is 12.9. The molecule has 2 aromatic heterocycles. The van der Waals surface area contributed by atoms with Crippen LogP contribution in [0.3, 0.4) is 0 Å². The molecule has 0 spiro atoms. The zero-order chi connectivity index (χ0) is 15.9. The third kappa shape index (κ3) is 4.39. The van der Waals surface area contributed by atoms with Gasteiger partial charge in [-0.2, -0.15) is 0 Å². The number of nitrogens with zero attached hydrogens (tertiary/aromatic N) is 3. The van der Waals surface area contributed by atoms with E-state index >= 15 is 0 Å². The molecule has 1 aliphatic rings. The van der Waals surface area contributed by atoms with Crippen molar-refractivity contribution in [3.8, 4) is 0 Å². The van der Waals surface area contributed by atoms with Crippen LogP contribution in [0.1, 0.15) is 35.3 Å². The number of carbonyl (C=O) groups excluding carboxylic acids is 1. The van der Waals surface area contributed by atoms with Gasteiger partial charge in [-0.15, -0.1) is 11.3 Å². The molecule has 1 fully saturated rings. The lowest BCUT2D eigenvalue weighted by Gasteiger charge is -2.25. The van der Waals surface area contributed by atoms with Gasteiger partial charge in [0.25, 0.3) is 5.91 Å². The van der Waals surface area contributed by atoms with Crippen LogP contribution in [0.25, 0.3) is 6.08 Å². The Balaban J connectivity index is 1.50. The van der Waals surface area contributed by atoms with E-state index < -0.39 is 0 Å². The van der Waals surface area contributed by atoms with Gasteiger partial charge in [0.1, 0.15) is 5.69 Å². The number of nitrogens with one attached hydrogen (secondary N) is 1. The summed E-state index contributed by atoms with van der Waals surface area (Å²) in [6.45, 7) is 2.56. The Morgan fingerprint density at radius 2 is 2.22 bits per heavy atom. The Hall–Kier alpha value is -2.21. The number of hydrogen-bond donors (Lipinski definition) is 1. The summed E-state index contributed by atoms with van der Waals surface area (Å²) in [5, 5.41) is 5.66. The van der Waals surface area contributed by atoms with Crippen LogP contribution >= 0.6 is 11.3 Å². The minimum absolute atomic E-state index is 0.125. The van der Waals surface area contributed by atoms with E-state index in [4.69, 9.17) is 0 Å². The molecule has 0 bridgehead atoms. The molecule has 2 aromatic rings. The molecule has 0 saturated carbocycles. The molecule has 1 amide bonds. The quantitative estimate of drug-likeness (QED) is 0.917. The fourth-order valence-corrected chi connectivity index (χ4v) is 3.37. The van der Waals surface area contributed by atoms with Crippen molar-refractivity contribution < 1.29 is 4.79 Å². The maximum atomic E-state index is 12.1. The van der Waals surface area contributed by atoms with Crippen molar-refractivity contribution in [2.45, 2.75) is 19.3 Å². The van der Waals surface area contributed by atoms with Gasteiger partial charge < -0.3 is 10.2 Å². The number of piperidine rings is 1. The highest BCUT2D eigenvalue weighted by atomic mass is 32.1. The van der Waals surface area contributed by atoms with E-state index in [0.717, 1.165) is 23.8 Å². The highest BCUT2D eigenvalue weighted by molar-refractivity contribution is 7.13. The van der Waals surface area contributed by atoms with Crippen LogP contribution in [-0.4, -0.2) is 35.5 Å². The first-order chi connectivity index (χ1) is 11.3. The maximum Gasteiger partial charge on any atom is 0.271 e. The number of pyridine rings is 1. The molecule has 1 N–H and O–H groups in total. The number of amides is 1. The summed E-state index contributed by atoms with van der Waals surface area (Å²) in [4.78, 5) is 22.9. The minimum Gasteiger partial charge on any atom is -0.348 e. The lowest BCUT2D eigenvalue weighted by molar-refractivity contribution is 0.0954. The van der Waals surface area contributed by atoms with Crippen molar-refractivity contribution in [3.63, 3.8) is 0 Å². The van der Waals surface area contributed by atoms with E-state index in [1.165, 1.54) is 19.3 Å². The van der Waals surface area contributed by atoms with Crippen molar-refractivity contribution in [2.75, 3.05) is 24.5 Å². The molecule has 120 valence electrons. The monoisotopic (exact) mass is 328 g/mol. The zero-order valence-corrected chi connectivity index (χ0v) is 13.8. The van der Waals surface area contributed by atoms with Crippen molar-refractivity contribution >= 4 is 28.5 Å². The van der Waals surface area contributed by atoms with Crippen LogP contribution in [0.15, 0.2) is 36.0 Å². The number of rotatable bonds is 5. The summed E-state index contributed by atoms with van der Waals surface area (Å²) in [5.74, 6) is -0.125. The van der Waals surface area contributed by atoms with E-state index in [9.17, 15) is 4.79 Å². The van der Waals surface area contributed by atoms with E-state index in [2.05, 4.69) is 20.2 Å². The summed E-state index contributed by atoms with van der Waals surface area (Å²) in [7, 11) is 0. The standard InChI is InChI=1S/C17H20N4OS/c22-16(19-9-5-7-14-6-4-8-18-12-14)15-13-23-17(20-15)21-10-2-1-3-11-21/h4-8,12-13H,1-3,9-11H2,(H,19,22)/b7-5+. The largest absolute Gasteiger partial charge is 0.348 e. The third-order valence-corrected chi connectivity index (χ3v) is 4.63. The Morgan fingerprint density at radius 3 is 3.00 bits per heavy atom. The van der Waals surface area contributed by atoms with Crippen molar-refractivity contribution in [1.82, 2.24) is 15.3 Å². The summed E-state index contributed by atoms with van der Waals surface area (Å²) >= 11 is 1.55. The Kier molecular flexibility index (Phi) is 5.37. The summed E-state index contributed by atoms with van der Waals surface area (Å²) in [5.41, 5.74) is 1.52. The van der Waals surface area contributed by atoms with Crippen LogP contribution in [0.5, 0.6) is 0 Å². The summed E-state index contributed by atoms with van der Waals surface area (Å²) in [6.07, 6.45) is 11.1. The maximum absolute atomic E-state index is 12.1. The summed E-state index contributed by atoms with van der Waals surface area (Å²) < 4.78 is 0. The van der Waals surface area contributed by atoms with Gasteiger partial charge in [0.05, 0.1) is 0 Å². The topological polar surface area (TPSA) is 58.1 Å². The molecule has 3 rings (SSSR count). The molecule has 0 radical (unpaired) electrons. The van der Waals surface area contributed by atoms with Gasteiger partial charge >= 0.3 is 0 Å². The first-order valence-corrected chi connectivity index (χ1v) is 8.76. The average Bonchev–Trinajstić information content (AvgIpc) is 3.10. The van der Waals surface area contributed by atoms with Crippen LogP contribution in [-0.2, 0) is 0 Å². The average molecular weight is 328 g/mol. The van der Waals surface area contributed by atoms with Crippen molar-refractivity contribution in [2.24, 2.45) is 0 Å². The van der Waals surface area contributed by atoms with E-state index in [1.807, 2.05) is 29.7 Å². The molecule has 1 saturated heterocycles. The molecule has 0 aromatic carbocycles. The Morgan fingerprint density at radius 1 is 1.35 bits per heavy atom. The molecule has 0 atom stereocenters. The van der Waals surface area contributed by atoms with Gasteiger partial charge in [-0.25, -0.2) is 4.98 Å². The first-order valence-electron chi connectivity index (χ1n) is 7.88. The predicted molar refractivity (Wildman–Crippen MR) is 93.8 cm³/mol. The molecule has 3 heterocycles. The van der Waals surface area contributed by atoms with Crippen LogP contribution in [0.2, 0.25) is 0 Å². The predicted octanol–water partition coefficient (Wildman–Crippen LogP) is 2.97. The van der Waals surface area contributed by atoms with Gasteiger partial charge in [0, 0.05) is 37.4 Å². The summed E-state index contributed by atoms with van der Waals surface area (Å²) in [6, 6.07) is 3.85. The SMILES string of the molecule is O=C(NC/C=C/c1cccnc1)c1csc(N2CCCCC2)n1. The van der Waals surface area contributed by atoms with E-state index in [1.54, 1.807) is 23.7 Å². The molecular weight excluding hydrogens is 308 g/mol. The third-order valence-electron chi connectivity index (χ3n) is 3.73. The van der Waals surface area contributed by atoms with Crippen LogP contribution in [0.4, 0.5) is 5.13 Å². The van der Waals surface area contributed by atoms with Gasteiger partial charge in [-0.3, -0.25) is 9.78 Å². The molecular formula is C17H20N4OS. The lowest BCUT2D eigenvalue weighted by atomic mass is 10.1. The number of aromatic nitrogens is 2. The fourth-order valence-electron chi connectivity index (χ4n) is 2.51. The highest BCUT2D eigenvalue weighted by Crippen LogP contribution is 2.23. The molecule has 0 unspecified atom stereocenters. The highest BCUT2D eigenvalue weighted by Gasteiger charge is 2.16. The van der Waals surface area contributed by atoms with Crippen LogP contribution in [0, 0.1) is 0 Å². The van der Waals surface area contributed by atoms with E-state index in [0.29, 0.717) is 12.2 Å². The van der Waals surface area contributed by atoms with Crippen molar-refractivity contribution in [1.29, 1.82) is 0 Å². The number of anilines is 1. The van der Waals surface area contributed by atoms with E-state index in [-0.39, 0.29) is 5.91 Å². The van der Waals surface area contributed by atoms with Gasteiger partial charge in [-0.1, -0.05) is 18.2 Å². The Bertz CT molecular complexity index is 662. The van der Waals surface area contributed by atoms with Gasteiger partial charge in [0.2, 0.25) is 0 Å². The molecule has 23 heavy (non-hydrogen) atoms. The fraction of sp³-hybridized carbons (Fsp3) is 0.353.